The zero-order valence-electron chi connectivity index (χ0n) is 12.5. The van der Waals surface area contributed by atoms with Crippen LogP contribution in [0, 0.1) is 0 Å². The molecule has 1 saturated heterocycles. The standard InChI is InChI=1S/C14H21N5OS/c1-3-13-16-11(9-21-13)7-18-5-6-20-12(8-18)14-17-15-10-19(14)4-2/h9-10,12H,3-8H2,1-2H3. The molecule has 114 valence electrons. The summed E-state index contributed by atoms with van der Waals surface area (Å²) in [6.45, 7) is 8.50. The smallest absolute Gasteiger partial charge is 0.163 e. The second-order valence-electron chi connectivity index (χ2n) is 5.16. The molecule has 0 N–H and O–H groups in total. The lowest BCUT2D eigenvalue weighted by atomic mass is 10.2. The van der Waals surface area contributed by atoms with Gasteiger partial charge in [0.1, 0.15) is 12.4 Å². The van der Waals surface area contributed by atoms with Gasteiger partial charge in [-0.15, -0.1) is 21.5 Å². The molecule has 0 amide bonds. The first-order valence-corrected chi connectivity index (χ1v) is 8.33. The van der Waals surface area contributed by atoms with Crippen molar-refractivity contribution in [3.8, 4) is 0 Å². The van der Waals surface area contributed by atoms with E-state index in [1.807, 2.05) is 4.57 Å². The molecule has 21 heavy (non-hydrogen) atoms. The van der Waals surface area contributed by atoms with E-state index >= 15 is 0 Å². The van der Waals surface area contributed by atoms with Gasteiger partial charge in [0, 0.05) is 31.6 Å². The zero-order valence-corrected chi connectivity index (χ0v) is 13.3. The van der Waals surface area contributed by atoms with Crippen LogP contribution in [0.25, 0.3) is 0 Å². The highest BCUT2D eigenvalue weighted by molar-refractivity contribution is 7.09. The van der Waals surface area contributed by atoms with Crippen molar-refractivity contribution in [2.24, 2.45) is 0 Å². The van der Waals surface area contributed by atoms with E-state index in [4.69, 9.17) is 4.74 Å². The van der Waals surface area contributed by atoms with Crippen molar-refractivity contribution in [3.05, 3.63) is 28.2 Å². The number of aromatic nitrogens is 4. The normalized spacial score (nSPS) is 20.0. The minimum Gasteiger partial charge on any atom is -0.368 e. The minimum absolute atomic E-state index is 0.00508. The van der Waals surface area contributed by atoms with Crippen molar-refractivity contribution >= 4 is 11.3 Å². The Labute approximate surface area is 128 Å². The average molecular weight is 307 g/mol. The summed E-state index contributed by atoms with van der Waals surface area (Å²) in [6, 6.07) is 0. The van der Waals surface area contributed by atoms with E-state index in [2.05, 4.69) is 39.3 Å². The maximum absolute atomic E-state index is 5.88. The van der Waals surface area contributed by atoms with Crippen LogP contribution >= 0.6 is 11.3 Å². The number of aryl methyl sites for hydroxylation is 2. The maximum atomic E-state index is 5.88. The molecule has 0 saturated carbocycles. The Morgan fingerprint density at radius 2 is 2.33 bits per heavy atom. The van der Waals surface area contributed by atoms with Gasteiger partial charge in [0.15, 0.2) is 5.82 Å². The van der Waals surface area contributed by atoms with Crippen LogP contribution in [0.3, 0.4) is 0 Å². The number of ether oxygens (including phenoxy) is 1. The molecule has 3 heterocycles. The van der Waals surface area contributed by atoms with Gasteiger partial charge in [-0.1, -0.05) is 6.92 Å². The van der Waals surface area contributed by atoms with Gasteiger partial charge in [0.25, 0.3) is 0 Å². The molecule has 1 fully saturated rings. The molecule has 0 aliphatic carbocycles. The zero-order chi connectivity index (χ0) is 14.7. The topological polar surface area (TPSA) is 56.1 Å². The predicted molar refractivity (Wildman–Crippen MR) is 81.2 cm³/mol. The summed E-state index contributed by atoms with van der Waals surface area (Å²) in [7, 11) is 0. The van der Waals surface area contributed by atoms with Gasteiger partial charge < -0.3 is 9.30 Å². The predicted octanol–water partition coefficient (Wildman–Crippen LogP) is 1.89. The number of thiazole rings is 1. The Morgan fingerprint density at radius 1 is 1.43 bits per heavy atom. The molecule has 0 radical (unpaired) electrons. The molecule has 1 aliphatic heterocycles. The van der Waals surface area contributed by atoms with Gasteiger partial charge in [-0.2, -0.15) is 0 Å². The first kappa shape index (κ1) is 14.6. The van der Waals surface area contributed by atoms with Gasteiger partial charge >= 0.3 is 0 Å². The second kappa shape index (κ2) is 6.64. The second-order valence-corrected chi connectivity index (χ2v) is 6.10. The third-order valence-electron chi connectivity index (χ3n) is 3.71. The van der Waals surface area contributed by atoms with Crippen LogP contribution in [0.15, 0.2) is 11.7 Å². The fraction of sp³-hybridized carbons (Fsp3) is 0.643. The van der Waals surface area contributed by atoms with Gasteiger partial charge in [-0.3, -0.25) is 4.90 Å². The molecule has 7 heteroatoms. The summed E-state index contributed by atoms with van der Waals surface area (Å²) in [6.07, 6.45) is 2.78. The van der Waals surface area contributed by atoms with Crippen molar-refractivity contribution < 1.29 is 4.74 Å². The van der Waals surface area contributed by atoms with Crippen LogP contribution in [0.5, 0.6) is 0 Å². The number of nitrogens with zero attached hydrogens (tertiary/aromatic N) is 5. The molecule has 2 aromatic rings. The Kier molecular flexibility index (Phi) is 4.62. The summed E-state index contributed by atoms with van der Waals surface area (Å²) in [5, 5.41) is 11.6. The molecule has 0 aromatic carbocycles. The van der Waals surface area contributed by atoms with E-state index in [9.17, 15) is 0 Å². The highest BCUT2D eigenvalue weighted by Gasteiger charge is 2.26. The quantitative estimate of drug-likeness (QED) is 0.844. The lowest BCUT2D eigenvalue weighted by molar-refractivity contribution is -0.0391. The maximum Gasteiger partial charge on any atom is 0.163 e. The molecule has 6 nitrogen and oxygen atoms in total. The molecule has 3 rings (SSSR count). The van der Waals surface area contributed by atoms with E-state index in [0.29, 0.717) is 0 Å². The van der Waals surface area contributed by atoms with Gasteiger partial charge in [-0.05, 0) is 13.3 Å². The summed E-state index contributed by atoms with van der Waals surface area (Å²) in [5.74, 6) is 0.926. The van der Waals surface area contributed by atoms with Crippen LogP contribution < -0.4 is 0 Å². The number of hydrogen-bond donors (Lipinski definition) is 0. The van der Waals surface area contributed by atoms with Crippen LogP contribution in [0.2, 0.25) is 0 Å². The average Bonchev–Trinajstić information content (AvgIpc) is 3.15. The lowest BCUT2D eigenvalue weighted by Gasteiger charge is -2.31. The summed E-state index contributed by atoms with van der Waals surface area (Å²) >= 11 is 1.75. The third kappa shape index (κ3) is 3.30. The fourth-order valence-electron chi connectivity index (χ4n) is 2.57. The first-order valence-electron chi connectivity index (χ1n) is 7.45. The SMILES string of the molecule is CCc1nc(CN2CCOC(c3nncn3CC)C2)cs1. The molecule has 0 spiro atoms. The largest absolute Gasteiger partial charge is 0.368 e. The monoisotopic (exact) mass is 307 g/mol. The van der Waals surface area contributed by atoms with Gasteiger partial charge in [-0.25, -0.2) is 4.98 Å². The van der Waals surface area contributed by atoms with Crippen LogP contribution in [-0.4, -0.2) is 44.3 Å². The van der Waals surface area contributed by atoms with E-state index in [1.54, 1.807) is 17.7 Å². The van der Waals surface area contributed by atoms with Crippen molar-refractivity contribution in [1.29, 1.82) is 0 Å². The molecular formula is C14H21N5OS. The number of rotatable bonds is 5. The Hall–Kier alpha value is -1.31. The van der Waals surface area contributed by atoms with E-state index in [0.717, 1.165) is 50.7 Å². The minimum atomic E-state index is 0.00508. The molecule has 1 atom stereocenters. The van der Waals surface area contributed by atoms with Crippen LogP contribution in [-0.2, 0) is 24.2 Å². The van der Waals surface area contributed by atoms with Crippen LogP contribution in [0.4, 0.5) is 0 Å². The first-order chi connectivity index (χ1) is 10.3. The molecule has 0 bridgehead atoms. The Balaban J connectivity index is 1.65. The highest BCUT2D eigenvalue weighted by atomic mass is 32.1. The highest BCUT2D eigenvalue weighted by Crippen LogP contribution is 2.22. The molecule has 2 aromatic heterocycles. The third-order valence-corrected chi connectivity index (χ3v) is 4.75. The van der Waals surface area contributed by atoms with E-state index in [1.165, 1.54) is 5.01 Å². The number of morpholine rings is 1. The molecule has 1 aliphatic rings. The Morgan fingerprint density at radius 3 is 3.10 bits per heavy atom. The van der Waals surface area contributed by atoms with Crippen molar-refractivity contribution in [3.63, 3.8) is 0 Å². The van der Waals surface area contributed by atoms with E-state index in [-0.39, 0.29) is 6.10 Å². The number of hydrogen-bond acceptors (Lipinski definition) is 6. The summed E-state index contributed by atoms with van der Waals surface area (Å²) in [5.41, 5.74) is 1.16. The van der Waals surface area contributed by atoms with Crippen molar-refractivity contribution in [2.45, 2.75) is 39.5 Å². The van der Waals surface area contributed by atoms with Crippen molar-refractivity contribution in [1.82, 2.24) is 24.6 Å². The van der Waals surface area contributed by atoms with Gasteiger partial charge in [0.05, 0.1) is 17.3 Å². The van der Waals surface area contributed by atoms with Gasteiger partial charge in [0.2, 0.25) is 0 Å². The van der Waals surface area contributed by atoms with Crippen molar-refractivity contribution in [2.75, 3.05) is 19.7 Å². The lowest BCUT2D eigenvalue weighted by Crippen LogP contribution is -2.38. The van der Waals surface area contributed by atoms with E-state index < -0.39 is 0 Å². The molecule has 1 unspecified atom stereocenters. The fourth-order valence-corrected chi connectivity index (χ4v) is 3.31. The molecular weight excluding hydrogens is 286 g/mol. The summed E-state index contributed by atoms with van der Waals surface area (Å²) in [4.78, 5) is 7.03. The summed E-state index contributed by atoms with van der Waals surface area (Å²) < 4.78 is 7.92. The van der Waals surface area contributed by atoms with Crippen LogP contribution in [0.1, 0.15) is 36.5 Å². The Bertz CT molecular complexity index is 581.